The van der Waals surface area contributed by atoms with Crippen molar-refractivity contribution in [3.63, 3.8) is 0 Å². The van der Waals surface area contributed by atoms with E-state index >= 15 is 0 Å². The van der Waals surface area contributed by atoms with Crippen molar-refractivity contribution in [2.24, 2.45) is 16.8 Å². The van der Waals surface area contributed by atoms with Crippen LogP contribution in [0.5, 0.6) is 0 Å². The quantitative estimate of drug-likeness (QED) is 0.407. The fourth-order valence-corrected chi connectivity index (χ4v) is 3.67. The van der Waals surface area contributed by atoms with Crippen molar-refractivity contribution in [2.45, 2.75) is 46.3 Å². The average molecular weight is 408 g/mol. The highest BCUT2D eigenvalue weighted by Gasteiger charge is 2.35. The minimum absolute atomic E-state index is 0.606. The molecule has 0 fully saturated rings. The highest BCUT2D eigenvalue weighted by Crippen LogP contribution is 2.34. The van der Waals surface area contributed by atoms with E-state index in [1.165, 1.54) is 11.1 Å². The van der Waals surface area contributed by atoms with Gasteiger partial charge in [-0.2, -0.15) is 0 Å². The molecule has 0 spiro atoms. The molecule has 0 aromatic heterocycles. The SMILES string of the molecule is CNc1ccc(-c2ccc3c(c2)C(NCCC(C)C)(NCCC(C)C)N=CN3)cc1. The molecule has 5 nitrogen and oxygen atoms in total. The summed E-state index contributed by atoms with van der Waals surface area (Å²) in [5.74, 6) is 0.686. The zero-order chi connectivity index (χ0) is 21.6. The summed E-state index contributed by atoms with van der Waals surface area (Å²) in [5.41, 5.74) is 5.74. The number of rotatable bonds is 10. The summed E-state index contributed by atoms with van der Waals surface area (Å²) in [4.78, 5) is 4.89. The maximum atomic E-state index is 4.89. The molecule has 4 N–H and O–H groups in total. The topological polar surface area (TPSA) is 60.5 Å². The Bertz CT molecular complexity index is 825. The number of benzene rings is 2. The molecule has 2 aromatic carbocycles. The maximum Gasteiger partial charge on any atom is 0.195 e. The number of aliphatic imine (C=N–C) groups is 1. The Morgan fingerprint density at radius 1 is 0.867 bits per heavy atom. The minimum atomic E-state index is -0.606. The monoisotopic (exact) mass is 407 g/mol. The molecule has 0 atom stereocenters. The van der Waals surface area contributed by atoms with Gasteiger partial charge in [0.25, 0.3) is 0 Å². The van der Waals surface area contributed by atoms with Crippen molar-refractivity contribution in [1.82, 2.24) is 10.6 Å². The van der Waals surface area contributed by atoms with Crippen LogP contribution >= 0.6 is 0 Å². The largest absolute Gasteiger partial charge is 0.388 e. The van der Waals surface area contributed by atoms with E-state index in [0.29, 0.717) is 11.8 Å². The summed E-state index contributed by atoms with van der Waals surface area (Å²) < 4.78 is 0. The van der Waals surface area contributed by atoms with Crippen LogP contribution in [0.4, 0.5) is 11.4 Å². The zero-order valence-electron chi connectivity index (χ0n) is 19.0. The molecular formula is C25H37N5. The molecule has 0 bridgehead atoms. The fraction of sp³-hybridized carbons (Fsp3) is 0.480. The van der Waals surface area contributed by atoms with Gasteiger partial charge < -0.3 is 10.6 Å². The van der Waals surface area contributed by atoms with Crippen LogP contribution in [0.15, 0.2) is 47.5 Å². The van der Waals surface area contributed by atoms with E-state index in [1.807, 2.05) is 13.4 Å². The molecule has 162 valence electrons. The molecule has 30 heavy (non-hydrogen) atoms. The Morgan fingerprint density at radius 2 is 1.47 bits per heavy atom. The summed E-state index contributed by atoms with van der Waals surface area (Å²) in [6, 6.07) is 15.1. The summed E-state index contributed by atoms with van der Waals surface area (Å²) >= 11 is 0. The lowest BCUT2D eigenvalue weighted by atomic mass is 9.96. The Kier molecular flexibility index (Phi) is 7.51. The molecule has 0 unspecified atom stereocenters. The van der Waals surface area contributed by atoms with Crippen LogP contribution in [-0.2, 0) is 5.79 Å². The van der Waals surface area contributed by atoms with Gasteiger partial charge in [-0.15, -0.1) is 0 Å². The van der Waals surface area contributed by atoms with Crippen molar-refractivity contribution in [3.05, 3.63) is 48.0 Å². The van der Waals surface area contributed by atoms with Crippen LogP contribution in [0.25, 0.3) is 11.1 Å². The van der Waals surface area contributed by atoms with E-state index in [2.05, 4.69) is 91.4 Å². The van der Waals surface area contributed by atoms with Crippen molar-refractivity contribution >= 4 is 17.7 Å². The highest BCUT2D eigenvalue weighted by atomic mass is 15.3. The molecule has 0 saturated carbocycles. The first-order valence-corrected chi connectivity index (χ1v) is 11.2. The van der Waals surface area contributed by atoms with Crippen LogP contribution < -0.4 is 21.3 Å². The van der Waals surface area contributed by atoms with Crippen molar-refractivity contribution in [2.75, 3.05) is 30.8 Å². The lowest BCUT2D eigenvalue weighted by Crippen LogP contribution is -2.55. The smallest absolute Gasteiger partial charge is 0.195 e. The molecule has 1 heterocycles. The molecule has 0 amide bonds. The lowest BCUT2D eigenvalue weighted by Gasteiger charge is -2.37. The molecule has 1 aliphatic heterocycles. The molecule has 0 saturated heterocycles. The number of nitrogens with one attached hydrogen (secondary N) is 4. The molecular weight excluding hydrogens is 370 g/mol. The summed E-state index contributed by atoms with van der Waals surface area (Å²) in [6.45, 7) is 10.8. The standard InChI is InChI=1S/C25H37N5/c1-18(2)12-14-28-25(29-15-13-19(3)4)23-16-21(8-11-24(23)27-17-30-25)20-6-9-22(26-5)10-7-20/h6-11,16-19,26,28-29H,12-15H2,1-5H3,(H,27,30). The van der Waals surface area contributed by atoms with Crippen LogP contribution in [-0.4, -0.2) is 26.5 Å². The molecule has 2 aromatic rings. The number of nitrogens with zero attached hydrogens (tertiary/aromatic N) is 1. The zero-order valence-corrected chi connectivity index (χ0v) is 19.0. The van der Waals surface area contributed by atoms with Crippen LogP contribution in [0, 0.1) is 11.8 Å². The second-order valence-electron chi connectivity index (χ2n) is 8.92. The first-order chi connectivity index (χ1) is 14.4. The van der Waals surface area contributed by atoms with Gasteiger partial charge >= 0.3 is 0 Å². The van der Waals surface area contributed by atoms with Gasteiger partial charge in [0.15, 0.2) is 5.79 Å². The number of anilines is 2. The Hall–Kier alpha value is -2.37. The Morgan fingerprint density at radius 3 is 2.03 bits per heavy atom. The molecule has 1 aliphatic rings. The van der Waals surface area contributed by atoms with Crippen molar-refractivity contribution in [1.29, 1.82) is 0 Å². The number of hydrogen-bond acceptors (Lipinski definition) is 5. The van der Waals surface area contributed by atoms with Crippen LogP contribution in [0.3, 0.4) is 0 Å². The second-order valence-corrected chi connectivity index (χ2v) is 8.92. The predicted octanol–water partition coefficient (Wildman–Crippen LogP) is 5.23. The van der Waals surface area contributed by atoms with Gasteiger partial charge in [0.2, 0.25) is 0 Å². The Balaban J connectivity index is 1.94. The molecule has 3 rings (SSSR count). The first kappa shape index (κ1) is 22.3. The predicted molar refractivity (Wildman–Crippen MR) is 130 cm³/mol. The van der Waals surface area contributed by atoms with E-state index in [0.717, 1.165) is 42.9 Å². The third kappa shape index (κ3) is 5.41. The van der Waals surface area contributed by atoms with E-state index in [-0.39, 0.29) is 0 Å². The fourth-order valence-electron chi connectivity index (χ4n) is 3.67. The van der Waals surface area contributed by atoms with Gasteiger partial charge in [0, 0.05) is 24.0 Å². The van der Waals surface area contributed by atoms with Gasteiger partial charge in [-0.05, 0) is 73.2 Å². The van der Waals surface area contributed by atoms with E-state index < -0.39 is 5.79 Å². The van der Waals surface area contributed by atoms with Gasteiger partial charge in [-0.1, -0.05) is 45.9 Å². The van der Waals surface area contributed by atoms with E-state index in [4.69, 9.17) is 4.99 Å². The first-order valence-electron chi connectivity index (χ1n) is 11.2. The van der Waals surface area contributed by atoms with E-state index in [9.17, 15) is 0 Å². The van der Waals surface area contributed by atoms with Crippen molar-refractivity contribution < 1.29 is 0 Å². The summed E-state index contributed by atoms with van der Waals surface area (Å²) in [5, 5.41) is 14.0. The van der Waals surface area contributed by atoms with Crippen LogP contribution in [0.1, 0.15) is 46.1 Å². The van der Waals surface area contributed by atoms with Crippen LogP contribution in [0.2, 0.25) is 0 Å². The molecule has 5 heteroatoms. The molecule has 0 radical (unpaired) electrons. The average Bonchev–Trinajstić information content (AvgIpc) is 2.73. The van der Waals surface area contributed by atoms with Crippen molar-refractivity contribution in [3.8, 4) is 11.1 Å². The van der Waals surface area contributed by atoms with Gasteiger partial charge in [-0.3, -0.25) is 10.6 Å². The number of hydrogen-bond donors (Lipinski definition) is 4. The van der Waals surface area contributed by atoms with E-state index in [1.54, 1.807) is 0 Å². The third-order valence-electron chi connectivity index (χ3n) is 5.60. The molecule has 0 aliphatic carbocycles. The normalized spacial score (nSPS) is 14.6. The van der Waals surface area contributed by atoms with Gasteiger partial charge in [-0.25, -0.2) is 4.99 Å². The summed E-state index contributed by atoms with van der Waals surface area (Å²) in [6.07, 6.45) is 4.03. The van der Waals surface area contributed by atoms with Gasteiger partial charge in [0.1, 0.15) is 0 Å². The minimum Gasteiger partial charge on any atom is -0.388 e. The Labute approximate surface area is 181 Å². The summed E-state index contributed by atoms with van der Waals surface area (Å²) in [7, 11) is 1.94. The number of fused-ring (bicyclic) bond motifs is 1. The van der Waals surface area contributed by atoms with Gasteiger partial charge in [0.05, 0.1) is 6.34 Å². The second kappa shape index (κ2) is 10.1. The highest BCUT2D eigenvalue weighted by molar-refractivity contribution is 5.83. The maximum absolute atomic E-state index is 4.89. The lowest BCUT2D eigenvalue weighted by molar-refractivity contribution is 0.260. The third-order valence-corrected chi connectivity index (χ3v) is 5.60.